The van der Waals surface area contributed by atoms with Crippen LogP contribution in [0, 0.1) is 6.92 Å². The molecule has 2 aromatic heterocycles. The summed E-state index contributed by atoms with van der Waals surface area (Å²) in [6.07, 6.45) is 4.12. The number of hydrogen-bond donors (Lipinski definition) is 1. The fourth-order valence-corrected chi connectivity index (χ4v) is 8.10. The van der Waals surface area contributed by atoms with E-state index in [2.05, 4.69) is 37.2 Å². The third kappa shape index (κ3) is 5.01. The molecule has 0 aliphatic heterocycles. The summed E-state index contributed by atoms with van der Waals surface area (Å²) in [4.78, 5) is 33.7. The molecule has 5 rings (SSSR count). The molecule has 0 radical (unpaired) electrons. The Hall–Kier alpha value is -2.14. The van der Waals surface area contributed by atoms with Gasteiger partial charge in [0.2, 0.25) is 5.91 Å². The Balaban J connectivity index is 1.51. The molecular weight excluding hydrogens is 626 g/mol. The van der Waals surface area contributed by atoms with E-state index in [1.54, 1.807) is 23.0 Å². The number of ether oxygens (including phenoxy) is 1. The molecular formula is C26H23Br2N3O3S2. The Labute approximate surface area is 233 Å². The van der Waals surface area contributed by atoms with E-state index in [0.717, 1.165) is 50.6 Å². The van der Waals surface area contributed by atoms with Crippen molar-refractivity contribution in [2.45, 2.75) is 37.8 Å². The molecule has 1 N–H and O–H groups in total. The number of fused-ring (bicyclic) bond motifs is 3. The van der Waals surface area contributed by atoms with Crippen LogP contribution < -0.4 is 15.6 Å². The number of halogens is 2. The molecule has 36 heavy (non-hydrogen) atoms. The van der Waals surface area contributed by atoms with Crippen molar-refractivity contribution in [3.63, 3.8) is 0 Å². The predicted octanol–water partition coefficient (Wildman–Crippen LogP) is 6.90. The minimum atomic E-state index is -0.189. The Kier molecular flexibility index (Phi) is 7.57. The summed E-state index contributed by atoms with van der Waals surface area (Å²) in [6.45, 7) is 1.99. The highest BCUT2D eigenvalue weighted by Gasteiger charge is 2.23. The van der Waals surface area contributed by atoms with Crippen molar-refractivity contribution in [2.24, 2.45) is 0 Å². The van der Waals surface area contributed by atoms with Gasteiger partial charge in [-0.25, -0.2) is 4.98 Å². The number of amides is 1. The average molecular weight is 649 g/mol. The van der Waals surface area contributed by atoms with Crippen molar-refractivity contribution < 1.29 is 9.53 Å². The van der Waals surface area contributed by atoms with Crippen LogP contribution in [0.1, 0.15) is 28.8 Å². The van der Waals surface area contributed by atoms with Crippen LogP contribution in [0.5, 0.6) is 5.75 Å². The maximum absolute atomic E-state index is 13.9. The lowest BCUT2D eigenvalue weighted by atomic mass is 9.97. The summed E-state index contributed by atoms with van der Waals surface area (Å²) in [5.41, 5.74) is 3.49. The molecule has 0 spiro atoms. The highest BCUT2D eigenvalue weighted by Crippen LogP contribution is 2.36. The molecule has 6 nitrogen and oxygen atoms in total. The van der Waals surface area contributed by atoms with Gasteiger partial charge in [-0.15, -0.1) is 11.3 Å². The van der Waals surface area contributed by atoms with Crippen molar-refractivity contribution >= 4 is 76.8 Å². The van der Waals surface area contributed by atoms with Crippen LogP contribution in [0.15, 0.2) is 55.3 Å². The number of carbonyl (C=O) groups excluding carboxylic acids is 1. The molecule has 0 saturated carbocycles. The fourth-order valence-electron chi connectivity index (χ4n) is 4.37. The quantitative estimate of drug-likeness (QED) is 0.182. The summed E-state index contributed by atoms with van der Waals surface area (Å²) >= 11 is 9.91. The SMILES string of the molecule is COc1ccc(-n2c(SCC(=O)Nc3c(Br)cc(C)cc3Br)nc3sc4c(c3c2=O)CCCC4)cc1. The zero-order valence-electron chi connectivity index (χ0n) is 19.7. The third-order valence-electron chi connectivity index (χ3n) is 6.07. The summed E-state index contributed by atoms with van der Waals surface area (Å²) in [5, 5.41) is 4.17. The normalized spacial score (nSPS) is 13.0. The lowest BCUT2D eigenvalue weighted by Gasteiger charge is -2.14. The van der Waals surface area contributed by atoms with E-state index in [-0.39, 0.29) is 17.2 Å². The second-order valence-corrected chi connectivity index (χ2v) is 12.3. The van der Waals surface area contributed by atoms with E-state index in [1.165, 1.54) is 16.6 Å². The van der Waals surface area contributed by atoms with Crippen molar-refractivity contribution in [2.75, 3.05) is 18.2 Å². The van der Waals surface area contributed by atoms with Crippen molar-refractivity contribution in [1.29, 1.82) is 0 Å². The van der Waals surface area contributed by atoms with Crippen LogP contribution in [0.4, 0.5) is 5.69 Å². The number of methoxy groups -OCH3 is 1. The number of hydrogen-bond acceptors (Lipinski definition) is 6. The van der Waals surface area contributed by atoms with Gasteiger partial charge in [-0.2, -0.15) is 0 Å². The first-order chi connectivity index (χ1) is 17.4. The number of thioether (sulfide) groups is 1. The smallest absolute Gasteiger partial charge is 0.267 e. The summed E-state index contributed by atoms with van der Waals surface area (Å²) in [5.74, 6) is 0.620. The van der Waals surface area contributed by atoms with Crippen molar-refractivity contribution in [3.8, 4) is 11.4 Å². The lowest BCUT2D eigenvalue weighted by Crippen LogP contribution is -2.23. The van der Waals surface area contributed by atoms with Gasteiger partial charge in [0.1, 0.15) is 10.6 Å². The molecule has 1 amide bonds. The molecule has 186 valence electrons. The average Bonchev–Trinajstić information content (AvgIpc) is 3.24. The largest absolute Gasteiger partial charge is 0.497 e. The van der Waals surface area contributed by atoms with Gasteiger partial charge in [0.25, 0.3) is 5.56 Å². The van der Waals surface area contributed by atoms with Gasteiger partial charge in [-0.3, -0.25) is 14.2 Å². The highest BCUT2D eigenvalue weighted by atomic mass is 79.9. The van der Waals surface area contributed by atoms with Gasteiger partial charge >= 0.3 is 0 Å². The first-order valence-corrected chi connectivity index (χ1v) is 14.8. The summed E-state index contributed by atoms with van der Waals surface area (Å²) < 4.78 is 8.51. The minimum absolute atomic E-state index is 0.0866. The number of carbonyl (C=O) groups is 1. The summed E-state index contributed by atoms with van der Waals surface area (Å²) in [6, 6.07) is 11.2. The first kappa shape index (κ1) is 25.5. The topological polar surface area (TPSA) is 73.2 Å². The number of benzene rings is 2. The monoisotopic (exact) mass is 647 g/mol. The van der Waals surface area contributed by atoms with Gasteiger partial charge in [0.05, 0.1) is 29.6 Å². The number of nitrogens with one attached hydrogen (secondary N) is 1. The molecule has 4 aromatic rings. The molecule has 0 bridgehead atoms. The van der Waals surface area contributed by atoms with E-state index in [0.29, 0.717) is 27.7 Å². The second-order valence-electron chi connectivity index (χ2n) is 8.56. The van der Waals surface area contributed by atoms with Gasteiger partial charge in [0.15, 0.2) is 5.16 Å². The Bertz CT molecular complexity index is 1510. The van der Waals surface area contributed by atoms with Crippen LogP contribution in [0.3, 0.4) is 0 Å². The molecule has 0 saturated heterocycles. The fraction of sp³-hybridized carbons (Fsp3) is 0.269. The minimum Gasteiger partial charge on any atom is -0.497 e. The van der Waals surface area contributed by atoms with E-state index < -0.39 is 0 Å². The molecule has 0 atom stereocenters. The van der Waals surface area contributed by atoms with E-state index in [9.17, 15) is 9.59 Å². The zero-order chi connectivity index (χ0) is 25.4. The number of rotatable bonds is 6. The van der Waals surface area contributed by atoms with Crippen molar-refractivity contribution in [3.05, 3.63) is 71.7 Å². The number of aromatic nitrogens is 2. The zero-order valence-corrected chi connectivity index (χ0v) is 24.5. The molecule has 1 aliphatic carbocycles. The van der Waals surface area contributed by atoms with E-state index in [4.69, 9.17) is 9.72 Å². The van der Waals surface area contributed by atoms with Gasteiger partial charge in [0, 0.05) is 13.8 Å². The van der Waals surface area contributed by atoms with Crippen LogP contribution in [-0.2, 0) is 17.6 Å². The van der Waals surface area contributed by atoms with Crippen LogP contribution in [-0.4, -0.2) is 28.3 Å². The third-order valence-corrected chi connectivity index (χ3v) is 9.45. The molecule has 1 aliphatic rings. The highest BCUT2D eigenvalue weighted by molar-refractivity contribution is 9.11. The predicted molar refractivity (Wildman–Crippen MR) is 154 cm³/mol. The van der Waals surface area contributed by atoms with Crippen molar-refractivity contribution in [1.82, 2.24) is 9.55 Å². The van der Waals surface area contributed by atoms with E-state index >= 15 is 0 Å². The number of aryl methyl sites for hydroxylation is 3. The standard InChI is InChI=1S/C26H23Br2N3O3S2/c1-14-11-18(27)23(19(28)12-14)29-21(32)13-35-26-30-24-22(17-5-3-4-6-20(17)36-24)25(33)31(26)15-7-9-16(34-2)10-8-15/h7-12H,3-6,13H2,1-2H3,(H,29,32). The Morgan fingerprint density at radius 3 is 2.56 bits per heavy atom. The first-order valence-electron chi connectivity index (χ1n) is 11.5. The molecule has 2 aromatic carbocycles. The lowest BCUT2D eigenvalue weighted by molar-refractivity contribution is -0.113. The molecule has 2 heterocycles. The number of nitrogens with zero attached hydrogens (tertiary/aromatic N) is 2. The maximum Gasteiger partial charge on any atom is 0.267 e. The molecule has 0 unspecified atom stereocenters. The Morgan fingerprint density at radius 2 is 1.86 bits per heavy atom. The second kappa shape index (κ2) is 10.7. The Morgan fingerprint density at radius 1 is 1.17 bits per heavy atom. The van der Waals surface area contributed by atoms with Crippen LogP contribution >= 0.6 is 55.0 Å². The van der Waals surface area contributed by atoms with Crippen LogP contribution in [0.25, 0.3) is 15.9 Å². The molecule has 0 fully saturated rings. The van der Waals surface area contributed by atoms with Gasteiger partial charge in [-0.05, 0) is 112 Å². The van der Waals surface area contributed by atoms with E-state index in [1.807, 2.05) is 43.3 Å². The van der Waals surface area contributed by atoms with Gasteiger partial charge < -0.3 is 10.1 Å². The van der Waals surface area contributed by atoms with Crippen LogP contribution in [0.2, 0.25) is 0 Å². The van der Waals surface area contributed by atoms with Gasteiger partial charge in [-0.1, -0.05) is 11.8 Å². The summed E-state index contributed by atoms with van der Waals surface area (Å²) in [7, 11) is 1.61. The maximum atomic E-state index is 13.9. The molecule has 10 heteroatoms. The number of thiophene rings is 1. The number of anilines is 1.